The first kappa shape index (κ1) is 23.8. The summed E-state index contributed by atoms with van der Waals surface area (Å²) in [6, 6.07) is 8.24. The average Bonchev–Trinajstić information content (AvgIpc) is 2.65. The lowest BCUT2D eigenvalue weighted by atomic mass is 10.1. The first-order valence-electron chi connectivity index (χ1n) is 9.47. The van der Waals surface area contributed by atoms with Gasteiger partial charge < -0.3 is 24.8 Å². The summed E-state index contributed by atoms with van der Waals surface area (Å²) in [4.78, 5) is 11.9. The van der Waals surface area contributed by atoms with Gasteiger partial charge in [-0.1, -0.05) is 12.1 Å². The molecule has 154 valence electrons. The highest BCUT2D eigenvalue weighted by Crippen LogP contribution is 2.28. The molecular formula is C20H36IN5O. The molecule has 1 aliphatic rings. The lowest BCUT2D eigenvalue weighted by Crippen LogP contribution is -2.53. The molecule has 2 rings (SSSR count). The summed E-state index contributed by atoms with van der Waals surface area (Å²) < 4.78 is 5.51. The summed E-state index contributed by atoms with van der Waals surface area (Å²) in [5, 5.41) is 3.46. The van der Waals surface area contributed by atoms with E-state index in [0.29, 0.717) is 0 Å². The Morgan fingerprint density at radius 1 is 1.19 bits per heavy atom. The van der Waals surface area contributed by atoms with Crippen LogP contribution in [0.25, 0.3) is 0 Å². The Hall–Kier alpha value is -1.22. The summed E-state index contributed by atoms with van der Waals surface area (Å²) in [6.45, 7) is 12.0. The molecule has 1 aliphatic heterocycles. The number of nitrogens with zero attached hydrogens (tertiary/aromatic N) is 4. The van der Waals surface area contributed by atoms with Crippen LogP contribution in [0.5, 0.6) is 5.75 Å². The molecule has 0 aromatic heterocycles. The van der Waals surface area contributed by atoms with Gasteiger partial charge in [0, 0.05) is 38.3 Å². The predicted molar refractivity (Wildman–Crippen MR) is 126 cm³/mol. The average molecular weight is 489 g/mol. The second kappa shape index (κ2) is 10.9. The molecule has 0 bridgehead atoms. The number of hydrogen-bond donors (Lipinski definition) is 1. The molecule has 1 aromatic rings. The van der Waals surface area contributed by atoms with Gasteiger partial charge in [0.25, 0.3) is 0 Å². The number of nitrogens with one attached hydrogen (secondary N) is 1. The van der Waals surface area contributed by atoms with Gasteiger partial charge in [-0.25, -0.2) is 0 Å². The second-order valence-electron chi connectivity index (χ2n) is 7.52. The monoisotopic (exact) mass is 489 g/mol. The van der Waals surface area contributed by atoms with E-state index >= 15 is 0 Å². The molecule has 0 spiro atoms. The van der Waals surface area contributed by atoms with Gasteiger partial charge in [0.2, 0.25) is 0 Å². The number of para-hydroxylation sites is 2. The summed E-state index contributed by atoms with van der Waals surface area (Å²) in [5.74, 6) is 1.95. The van der Waals surface area contributed by atoms with E-state index in [9.17, 15) is 0 Å². The summed E-state index contributed by atoms with van der Waals surface area (Å²) in [5.41, 5.74) is 1.21. The van der Waals surface area contributed by atoms with E-state index in [1.165, 1.54) is 5.69 Å². The van der Waals surface area contributed by atoms with Crippen LogP contribution in [-0.4, -0.2) is 81.8 Å². The minimum atomic E-state index is 0. The highest BCUT2D eigenvalue weighted by molar-refractivity contribution is 14.0. The van der Waals surface area contributed by atoms with Crippen molar-refractivity contribution >= 4 is 35.6 Å². The number of guanidine groups is 1. The number of hydrogen-bond acceptors (Lipinski definition) is 4. The van der Waals surface area contributed by atoms with Crippen LogP contribution in [0, 0.1) is 0 Å². The Labute approximate surface area is 182 Å². The SMILES string of the molecule is CCNC(=NCC(C)(C)N(C)C)N1CCN(c2ccccc2OC)CC1.I. The third kappa shape index (κ3) is 6.41. The third-order valence-electron chi connectivity index (χ3n) is 5.17. The summed E-state index contributed by atoms with van der Waals surface area (Å²) in [6.07, 6.45) is 0. The number of aliphatic imine (C=N–C) groups is 1. The Kier molecular flexibility index (Phi) is 9.66. The molecule has 1 heterocycles. The summed E-state index contributed by atoms with van der Waals surface area (Å²) in [7, 11) is 5.94. The van der Waals surface area contributed by atoms with Gasteiger partial charge in [-0.2, -0.15) is 0 Å². The first-order chi connectivity index (χ1) is 12.4. The highest BCUT2D eigenvalue weighted by Gasteiger charge is 2.24. The van der Waals surface area contributed by atoms with Crippen LogP contribution in [0.4, 0.5) is 5.69 Å². The largest absolute Gasteiger partial charge is 0.495 e. The van der Waals surface area contributed by atoms with Gasteiger partial charge in [-0.3, -0.25) is 4.99 Å². The van der Waals surface area contributed by atoms with Crippen molar-refractivity contribution in [2.75, 3.05) is 65.4 Å². The Bertz CT molecular complexity index is 598. The van der Waals surface area contributed by atoms with Crippen molar-refractivity contribution in [3.05, 3.63) is 24.3 Å². The van der Waals surface area contributed by atoms with Crippen molar-refractivity contribution < 1.29 is 4.74 Å². The molecule has 1 aromatic carbocycles. The number of rotatable bonds is 6. The maximum absolute atomic E-state index is 5.51. The molecule has 1 fully saturated rings. The van der Waals surface area contributed by atoms with Gasteiger partial charge in [-0.05, 0) is 47.0 Å². The molecule has 7 heteroatoms. The highest BCUT2D eigenvalue weighted by atomic mass is 127. The van der Waals surface area contributed by atoms with Crippen molar-refractivity contribution in [3.8, 4) is 5.75 Å². The van der Waals surface area contributed by atoms with E-state index in [4.69, 9.17) is 9.73 Å². The summed E-state index contributed by atoms with van der Waals surface area (Å²) >= 11 is 0. The van der Waals surface area contributed by atoms with Crippen LogP contribution in [0.2, 0.25) is 0 Å². The molecule has 0 amide bonds. The number of methoxy groups -OCH3 is 1. The van der Waals surface area contributed by atoms with Crippen LogP contribution >= 0.6 is 24.0 Å². The Balaban J connectivity index is 0.00000364. The van der Waals surface area contributed by atoms with E-state index in [0.717, 1.165) is 51.0 Å². The van der Waals surface area contributed by atoms with Crippen LogP contribution < -0.4 is 15.0 Å². The van der Waals surface area contributed by atoms with Crippen molar-refractivity contribution in [1.82, 2.24) is 15.1 Å². The maximum atomic E-state index is 5.51. The van der Waals surface area contributed by atoms with Crippen LogP contribution in [0.15, 0.2) is 29.3 Å². The molecule has 0 radical (unpaired) electrons. The number of piperazine rings is 1. The lowest BCUT2D eigenvalue weighted by Gasteiger charge is -2.38. The zero-order valence-electron chi connectivity index (χ0n) is 17.7. The van der Waals surface area contributed by atoms with Gasteiger partial charge in [0.1, 0.15) is 5.75 Å². The fraction of sp³-hybridized carbons (Fsp3) is 0.650. The van der Waals surface area contributed by atoms with Gasteiger partial charge >= 0.3 is 0 Å². The number of anilines is 1. The van der Waals surface area contributed by atoms with Crippen molar-refractivity contribution in [2.24, 2.45) is 4.99 Å². The van der Waals surface area contributed by atoms with Crippen LogP contribution in [-0.2, 0) is 0 Å². The standard InChI is InChI=1S/C20H35N5O.HI/c1-7-21-19(22-16-20(2,3)23(4)5)25-14-12-24(13-15-25)17-10-8-9-11-18(17)26-6;/h8-11H,7,12-16H2,1-6H3,(H,21,22);1H. The maximum Gasteiger partial charge on any atom is 0.194 e. The molecule has 6 nitrogen and oxygen atoms in total. The lowest BCUT2D eigenvalue weighted by molar-refractivity contribution is 0.204. The van der Waals surface area contributed by atoms with Gasteiger partial charge in [0.05, 0.1) is 19.3 Å². The molecule has 0 atom stereocenters. The van der Waals surface area contributed by atoms with E-state index in [-0.39, 0.29) is 29.5 Å². The fourth-order valence-electron chi connectivity index (χ4n) is 2.89. The zero-order valence-corrected chi connectivity index (χ0v) is 20.0. The van der Waals surface area contributed by atoms with Gasteiger partial charge in [0.15, 0.2) is 5.96 Å². The molecule has 1 saturated heterocycles. The first-order valence-corrected chi connectivity index (χ1v) is 9.47. The zero-order chi connectivity index (χ0) is 19.2. The molecule has 0 saturated carbocycles. The second-order valence-corrected chi connectivity index (χ2v) is 7.52. The number of halogens is 1. The van der Waals surface area contributed by atoms with Crippen molar-refractivity contribution in [2.45, 2.75) is 26.3 Å². The third-order valence-corrected chi connectivity index (χ3v) is 5.17. The minimum Gasteiger partial charge on any atom is -0.495 e. The molecule has 27 heavy (non-hydrogen) atoms. The van der Waals surface area contributed by atoms with Crippen molar-refractivity contribution in [3.63, 3.8) is 0 Å². The normalized spacial score (nSPS) is 15.6. The quantitative estimate of drug-likeness (QED) is 0.378. The number of ether oxygens (including phenoxy) is 1. The minimum absolute atomic E-state index is 0. The predicted octanol–water partition coefficient (Wildman–Crippen LogP) is 2.74. The molecule has 0 aliphatic carbocycles. The van der Waals surface area contributed by atoms with E-state index in [1.54, 1.807) is 7.11 Å². The number of benzene rings is 1. The molecular weight excluding hydrogens is 453 g/mol. The van der Waals surface area contributed by atoms with E-state index in [1.807, 2.05) is 12.1 Å². The van der Waals surface area contributed by atoms with Crippen molar-refractivity contribution in [1.29, 1.82) is 0 Å². The molecule has 1 N–H and O–H groups in total. The van der Waals surface area contributed by atoms with Gasteiger partial charge in [-0.15, -0.1) is 24.0 Å². The van der Waals surface area contributed by atoms with Crippen LogP contribution in [0.1, 0.15) is 20.8 Å². The Morgan fingerprint density at radius 3 is 2.37 bits per heavy atom. The molecule has 0 unspecified atom stereocenters. The topological polar surface area (TPSA) is 43.3 Å². The smallest absolute Gasteiger partial charge is 0.194 e. The van der Waals surface area contributed by atoms with E-state index in [2.05, 4.69) is 67.0 Å². The van der Waals surface area contributed by atoms with Crippen LogP contribution in [0.3, 0.4) is 0 Å². The fourth-order valence-corrected chi connectivity index (χ4v) is 2.89. The Morgan fingerprint density at radius 2 is 1.81 bits per heavy atom. The number of likely N-dealkylation sites (N-methyl/N-ethyl adjacent to an activating group) is 1. The van der Waals surface area contributed by atoms with E-state index < -0.39 is 0 Å².